The van der Waals surface area contributed by atoms with Crippen molar-refractivity contribution in [2.75, 3.05) is 6.61 Å². The number of amides is 1. The maximum Gasteiger partial charge on any atom is 0.257 e. The van der Waals surface area contributed by atoms with Crippen molar-refractivity contribution < 1.29 is 13.9 Å². The van der Waals surface area contributed by atoms with Crippen LogP contribution in [0.15, 0.2) is 65.1 Å². The van der Waals surface area contributed by atoms with Crippen LogP contribution in [0, 0.1) is 0 Å². The third kappa shape index (κ3) is 5.99. The molecule has 1 amide bonds. The number of hydrogen-bond donors (Lipinski definition) is 2. The minimum absolute atomic E-state index is 0.226. The van der Waals surface area contributed by atoms with Crippen LogP contribution in [0.2, 0.25) is 5.02 Å². The third-order valence-electron chi connectivity index (χ3n) is 5.45. The van der Waals surface area contributed by atoms with Crippen LogP contribution in [0.1, 0.15) is 48.2 Å². The molecule has 0 aliphatic carbocycles. The number of carbonyl (C=O) groups excluding carboxylic acids is 1. The molecule has 0 bridgehead atoms. The summed E-state index contributed by atoms with van der Waals surface area (Å²) in [7, 11) is 0. The number of benzene rings is 3. The summed E-state index contributed by atoms with van der Waals surface area (Å²) in [4.78, 5) is 17.1. The van der Waals surface area contributed by atoms with E-state index in [4.69, 9.17) is 33.0 Å². The second kappa shape index (κ2) is 10.9. The topological polar surface area (TPSA) is 76.4 Å². The molecule has 0 aliphatic rings. The van der Waals surface area contributed by atoms with Crippen molar-refractivity contribution in [1.82, 2.24) is 15.6 Å². The van der Waals surface area contributed by atoms with Crippen molar-refractivity contribution in [3.05, 3.63) is 82.4 Å². The van der Waals surface area contributed by atoms with E-state index in [0.29, 0.717) is 41.3 Å². The van der Waals surface area contributed by atoms with Gasteiger partial charge in [0.15, 0.2) is 10.7 Å². The average molecular weight is 508 g/mol. The molecule has 1 heterocycles. The highest BCUT2D eigenvalue weighted by Crippen LogP contribution is 2.27. The van der Waals surface area contributed by atoms with Gasteiger partial charge < -0.3 is 14.5 Å². The first-order chi connectivity index (χ1) is 16.8. The number of carbonyl (C=O) groups is 1. The number of rotatable bonds is 7. The lowest BCUT2D eigenvalue weighted by Crippen LogP contribution is -2.38. The van der Waals surface area contributed by atoms with Crippen LogP contribution < -0.4 is 15.4 Å². The smallest absolute Gasteiger partial charge is 0.257 e. The Morgan fingerprint density at radius 1 is 1.11 bits per heavy atom. The molecule has 6 nitrogen and oxygen atoms in total. The summed E-state index contributed by atoms with van der Waals surface area (Å²) in [5, 5.41) is 6.31. The van der Waals surface area contributed by atoms with Gasteiger partial charge in [-0.1, -0.05) is 43.6 Å². The lowest BCUT2D eigenvalue weighted by molar-refractivity contribution is 0.0976. The predicted octanol–water partition coefficient (Wildman–Crippen LogP) is 6.47. The number of nitrogens with one attached hydrogen (secondary N) is 2. The van der Waals surface area contributed by atoms with Gasteiger partial charge in [-0.2, -0.15) is 0 Å². The van der Waals surface area contributed by atoms with Crippen LogP contribution >= 0.6 is 23.8 Å². The van der Waals surface area contributed by atoms with Gasteiger partial charge in [0.05, 0.1) is 11.6 Å². The van der Waals surface area contributed by atoms with Gasteiger partial charge in [0.25, 0.3) is 5.91 Å². The highest BCUT2D eigenvalue weighted by Gasteiger charge is 2.12. The van der Waals surface area contributed by atoms with Crippen LogP contribution in [-0.4, -0.2) is 22.6 Å². The van der Waals surface area contributed by atoms with Gasteiger partial charge in [-0.25, -0.2) is 4.98 Å². The number of aromatic nitrogens is 1. The molecule has 0 atom stereocenters. The van der Waals surface area contributed by atoms with E-state index in [9.17, 15) is 4.79 Å². The third-order valence-corrected chi connectivity index (χ3v) is 5.99. The number of ether oxygens (including phenoxy) is 1. The molecule has 3 aromatic carbocycles. The molecule has 0 spiro atoms. The van der Waals surface area contributed by atoms with Crippen LogP contribution in [0.5, 0.6) is 5.75 Å². The zero-order valence-electron chi connectivity index (χ0n) is 19.7. The fourth-order valence-electron chi connectivity index (χ4n) is 3.51. The van der Waals surface area contributed by atoms with Crippen LogP contribution in [-0.2, 0) is 6.54 Å². The summed E-state index contributed by atoms with van der Waals surface area (Å²) in [6.45, 7) is 7.12. The summed E-state index contributed by atoms with van der Waals surface area (Å²) in [6.07, 6.45) is 0. The second-order valence-corrected chi connectivity index (χ2v) is 9.13. The van der Waals surface area contributed by atoms with Crippen molar-refractivity contribution in [1.29, 1.82) is 0 Å². The molecule has 0 fully saturated rings. The number of halogens is 1. The Morgan fingerprint density at radius 2 is 1.89 bits per heavy atom. The monoisotopic (exact) mass is 507 g/mol. The molecule has 0 unspecified atom stereocenters. The molecule has 35 heavy (non-hydrogen) atoms. The highest BCUT2D eigenvalue weighted by atomic mass is 35.5. The Balaban J connectivity index is 1.34. The Kier molecular flexibility index (Phi) is 7.68. The zero-order valence-corrected chi connectivity index (χ0v) is 21.3. The molecule has 180 valence electrons. The van der Waals surface area contributed by atoms with Gasteiger partial charge in [-0.3, -0.25) is 10.1 Å². The molecule has 4 rings (SSSR count). The Labute approximate surface area is 214 Å². The van der Waals surface area contributed by atoms with E-state index in [1.165, 1.54) is 5.56 Å². The van der Waals surface area contributed by atoms with Crippen molar-refractivity contribution in [3.63, 3.8) is 0 Å². The number of fused-ring (bicyclic) bond motifs is 1. The van der Waals surface area contributed by atoms with Gasteiger partial charge in [0.2, 0.25) is 5.89 Å². The molecule has 0 saturated carbocycles. The lowest BCUT2D eigenvalue weighted by Gasteiger charge is -2.11. The maximum atomic E-state index is 12.5. The molecule has 8 heteroatoms. The van der Waals surface area contributed by atoms with E-state index in [-0.39, 0.29) is 11.0 Å². The van der Waals surface area contributed by atoms with Crippen molar-refractivity contribution in [3.8, 4) is 17.2 Å². The fraction of sp³-hybridized carbons (Fsp3) is 0.222. The van der Waals surface area contributed by atoms with E-state index in [1.807, 2.05) is 37.3 Å². The minimum atomic E-state index is -0.348. The van der Waals surface area contributed by atoms with Gasteiger partial charge >= 0.3 is 0 Å². The van der Waals surface area contributed by atoms with Crippen molar-refractivity contribution in [2.24, 2.45) is 0 Å². The summed E-state index contributed by atoms with van der Waals surface area (Å²) in [5.41, 5.74) is 5.13. The van der Waals surface area contributed by atoms with E-state index < -0.39 is 0 Å². The standard InChI is InChI=1S/C27H26ClN3O3S/c1-4-33-23-11-10-20(13-21(23)28)25(32)31-27(35)29-15-17-5-7-18(8-6-17)26-30-22-14-19(16(2)3)9-12-24(22)34-26/h5-14,16H,4,15H2,1-3H3,(H2,29,31,32,35). The summed E-state index contributed by atoms with van der Waals surface area (Å²) in [6, 6.07) is 18.8. The molecule has 0 radical (unpaired) electrons. The SMILES string of the molecule is CCOc1ccc(C(=O)NC(=S)NCc2ccc(-c3nc4cc(C(C)C)ccc4o3)cc2)cc1Cl. The molecular weight excluding hydrogens is 482 g/mol. The van der Waals surface area contributed by atoms with Gasteiger partial charge in [0.1, 0.15) is 11.3 Å². The van der Waals surface area contributed by atoms with Crippen molar-refractivity contribution in [2.45, 2.75) is 33.2 Å². The zero-order chi connectivity index (χ0) is 24.9. The summed E-state index contributed by atoms with van der Waals surface area (Å²) in [5.74, 6) is 1.20. The fourth-order valence-corrected chi connectivity index (χ4v) is 3.91. The van der Waals surface area contributed by atoms with Gasteiger partial charge in [0, 0.05) is 17.7 Å². The van der Waals surface area contributed by atoms with E-state index in [1.54, 1.807) is 18.2 Å². The number of thiocarbonyl (C=S) groups is 1. The van der Waals surface area contributed by atoms with Crippen LogP contribution in [0.25, 0.3) is 22.6 Å². The summed E-state index contributed by atoms with van der Waals surface area (Å²) >= 11 is 11.4. The van der Waals surface area contributed by atoms with Crippen molar-refractivity contribution >= 4 is 45.9 Å². The minimum Gasteiger partial charge on any atom is -0.492 e. The first-order valence-corrected chi connectivity index (χ1v) is 12.1. The normalized spacial score (nSPS) is 11.0. The Bertz CT molecular complexity index is 1370. The van der Waals surface area contributed by atoms with Crippen LogP contribution in [0.3, 0.4) is 0 Å². The predicted molar refractivity (Wildman–Crippen MR) is 143 cm³/mol. The molecule has 0 aliphatic heterocycles. The number of hydrogen-bond acceptors (Lipinski definition) is 5. The average Bonchev–Trinajstić information content (AvgIpc) is 3.28. The molecule has 1 aromatic heterocycles. The number of nitrogens with zero attached hydrogens (tertiary/aromatic N) is 1. The van der Waals surface area contributed by atoms with E-state index in [2.05, 4.69) is 41.6 Å². The Morgan fingerprint density at radius 3 is 2.57 bits per heavy atom. The van der Waals surface area contributed by atoms with E-state index >= 15 is 0 Å². The molecule has 4 aromatic rings. The van der Waals surface area contributed by atoms with E-state index in [0.717, 1.165) is 22.2 Å². The second-order valence-electron chi connectivity index (χ2n) is 8.31. The molecular formula is C27H26ClN3O3S. The van der Waals surface area contributed by atoms with Gasteiger partial charge in [-0.05, 0) is 78.7 Å². The quantitative estimate of drug-likeness (QED) is 0.279. The largest absolute Gasteiger partial charge is 0.492 e. The lowest BCUT2D eigenvalue weighted by atomic mass is 10.0. The number of oxazole rings is 1. The Hall–Kier alpha value is -3.42. The molecule has 0 saturated heterocycles. The van der Waals surface area contributed by atoms with Gasteiger partial charge in [-0.15, -0.1) is 0 Å². The maximum absolute atomic E-state index is 12.5. The molecule has 2 N–H and O–H groups in total. The highest BCUT2D eigenvalue weighted by molar-refractivity contribution is 7.80. The summed E-state index contributed by atoms with van der Waals surface area (Å²) < 4.78 is 11.3. The van der Waals surface area contributed by atoms with Crippen LogP contribution in [0.4, 0.5) is 0 Å². The first kappa shape index (κ1) is 24.7. The first-order valence-electron chi connectivity index (χ1n) is 11.4.